The van der Waals surface area contributed by atoms with Crippen LogP contribution in [-0.2, 0) is 11.2 Å². The van der Waals surface area contributed by atoms with Gasteiger partial charge in [0.05, 0.1) is 5.56 Å². The molecule has 1 aromatic carbocycles. The Balaban J connectivity index is 1.61. The number of aromatic nitrogens is 2. The van der Waals surface area contributed by atoms with Crippen molar-refractivity contribution in [3.63, 3.8) is 0 Å². The van der Waals surface area contributed by atoms with Gasteiger partial charge in [0.2, 0.25) is 17.6 Å². The standard InChI is InChI=1S/C20H26FN3O2/c1-3-14(2)11-19(25)24-10-6-7-15(13-24)12-18-22-20(23-26-18)16-8-4-5-9-17(16)21/h4-5,8-9,14-15H,3,6-7,10-13H2,1-2H3. The van der Waals surface area contributed by atoms with E-state index in [1.807, 2.05) is 4.90 Å². The van der Waals surface area contributed by atoms with Crippen molar-refractivity contribution < 1.29 is 13.7 Å². The van der Waals surface area contributed by atoms with Gasteiger partial charge in [-0.05, 0) is 36.8 Å². The normalized spacial score (nSPS) is 18.7. The van der Waals surface area contributed by atoms with Gasteiger partial charge in [-0.15, -0.1) is 0 Å². The molecule has 3 rings (SSSR count). The summed E-state index contributed by atoms with van der Waals surface area (Å²) in [6.45, 7) is 5.78. The number of carbonyl (C=O) groups is 1. The fourth-order valence-electron chi connectivity index (χ4n) is 3.37. The Labute approximate surface area is 153 Å². The number of piperidine rings is 1. The smallest absolute Gasteiger partial charge is 0.227 e. The van der Waals surface area contributed by atoms with Gasteiger partial charge < -0.3 is 9.42 Å². The van der Waals surface area contributed by atoms with Gasteiger partial charge in [0.15, 0.2) is 0 Å². The molecule has 1 saturated heterocycles. The number of amides is 1. The molecule has 1 aromatic heterocycles. The van der Waals surface area contributed by atoms with E-state index in [0.29, 0.717) is 36.1 Å². The number of halogens is 1. The summed E-state index contributed by atoms with van der Waals surface area (Å²) in [5, 5.41) is 3.91. The van der Waals surface area contributed by atoms with E-state index in [-0.39, 0.29) is 17.5 Å². The van der Waals surface area contributed by atoms with Gasteiger partial charge in [0.1, 0.15) is 5.82 Å². The van der Waals surface area contributed by atoms with Crippen LogP contribution in [0, 0.1) is 17.7 Å². The molecular formula is C20H26FN3O2. The zero-order valence-electron chi connectivity index (χ0n) is 15.4. The molecule has 2 unspecified atom stereocenters. The minimum atomic E-state index is -0.362. The molecule has 1 fully saturated rings. The van der Waals surface area contributed by atoms with Gasteiger partial charge in [-0.25, -0.2) is 4.39 Å². The van der Waals surface area contributed by atoms with E-state index in [1.165, 1.54) is 6.07 Å². The Hall–Kier alpha value is -2.24. The topological polar surface area (TPSA) is 59.2 Å². The maximum absolute atomic E-state index is 13.9. The molecule has 6 heteroatoms. The van der Waals surface area contributed by atoms with Crippen LogP contribution in [0.1, 0.15) is 45.4 Å². The summed E-state index contributed by atoms with van der Waals surface area (Å²) < 4.78 is 19.2. The molecule has 140 valence electrons. The van der Waals surface area contributed by atoms with Crippen LogP contribution >= 0.6 is 0 Å². The zero-order valence-corrected chi connectivity index (χ0v) is 15.4. The Morgan fingerprint density at radius 2 is 2.23 bits per heavy atom. The largest absolute Gasteiger partial charge is 0.342 e. The molecular weight excluding hydrogens is 333 g/mol. The molecule has 5 nitrogen and oxygen atoms in total. The summed E-state index contributed by atoms with van der Waals surface area (Å²) in [4.78, 5) is 18.7. The maximum Gasteiger partial charge on any atom is 0.227 e. The maximum atomic E-state index is 13.9. The van der Waals surface area contributed by atoms with E-state index in [2.05, 4.69) is 24.0 Å². The summed E-state index contributed by atoms with van der Waals surface area (Å²) in [6.07, 6.45) is 4.27. The number of rotatable bonds is 6. The Bertz CT molecular complexity index is 746. The third kappa shape index (κ3) is 4.48. The van der Waals surface area contributed by atoms with Crippen LogP contribution < -0.4 is 0 Å². The number of carbonyl (C=O) groups excluding carboxylic acids is 1. The minimum absolute atomic E-state index is 0.238. The molecule has 0 N–H and O–H groups in total. The van der Waals surface area contributed by atoms with Gasteiger partial charge in [-0.2, -0.15) is 4.98 Å². The van der Waals surface area contributed by atoms with Crippen molar-refractivity contribution in [1.82, 2.24) is 15.0 Å². The minimum Gasteiger partial charge on any atom is -0.342 e. The van der Waals surface area contributed by atoms with Gasteiger partial charge in [0, 0.05) is 25.9 Å². The van der Waals surface area contributed by atoms with Crippen molar-refractivity contribution in [3.8, 4) is 11.4 Å². The molecule has 0 aliphatic carbocycles. The van der Waals surface area contributed by atoms with Gasteiger partial charge in [-0.1, -0.05) is 37.6 Å². The second-order valence-electron chi connectivity index (χ2n) is 7.26. The fraction of sp³-hybridized carbons (Fsp3) is 0.550. The first-order valence-corrected chi connectivity index (χ1v) is 9.42. The summed E-state index contributed by atoms with van der Waals surface area (Å²) >= 11 is 0. The van der Waals surface area contributed by atoms with Gasteiger partial charge in [-0.3, -0.25) is 4.79 Å². The summed E-state index contributed by atoms with van der Waals surface area (Å²) in [6, 6.07) is 6.40. The molecule has 2 aromatic rings. The van der Waals surface area contributed by atoms with Crippen LogP contribution in [0.4, 0.5) is 4.39 Å². The van der Waals surface area contributed by atoms with Crippen LogP contribution in [0.15, 0.2) is 28.8 Å². The van der Waals surface area contributed by atoms with Crippen molar-refractivity contribution >= 4 is 5.91 Å². The molecule has 0 radical (unpaired) electrons. The SMILES string of the molecule is CCC(C)CC(=O)N1CCCC(Cc2nc(-c3ccccc3F)no2)C1. The lowest BCUT2D eigenvalue weighted by Crippen LogP contribution is -2.41. The molecule has 26 heavy (non-hydrogen) atoms. The van der Waals surface area contributed by atoms with E-state index in [1.54, 1.807) is 18.2 Å². The summed E-state index contributed by atoms with van der Waals surface area (Å²) in [5.41, 5.74) is 0.344. The molecule has 2 heterocycles. The zero-order chi connectivity index (χ0) is 18.5. The van der Waals surface area contributed by atoms with Crippen LogP contribution in [0.2, 0.25) is 0 Å². The highest BCUT2D eigenvalue weighted by molar-refractivity contribution is 5.76. The van der Waals surface area contributed by atoms with Crippen molar-refractivity contribution in [3.05, 3.63) is 36.0 Å². The summed E-state index contributed by atoms with van der Waals surface area (Å²) in [7, 11) is 0. The molecule has 2 atom stereocenters. The Morgan fingerprint density at radius 1 is 1.42 bits per heavy atom. The lowest BCUT2D eigenvalue weighted by Gasteiger charge is -2.32. The first-order valence-electron chi connectivity index (χ1n) is 9.42. The average molecular weight is 359 g/mol. The highest BCUT2D eigenvalue weighted by atomic mass is 19.1. The van der Waals surface area contributed by atoms with Crippen LogP contribution in [0.5, 0.6) is 0 Å². The van der Waals surface area contributed by atoms with E-state index >= 15 is 0 Å². The third-order valence-corrected chi connectivity index (χ3v) is 5.14. The van der Waals surface area contributed by atoms with E-state index < -0.39 is 0 Å². The van der Waals surface area contributed by atoms with E-state index in [9.17, 15) is 9.18 Å². The Kier molecular flexibility index (Phi) is 6.01. The van der Waals surface area contributed by atoms with Gasteiger partial charge >= 0.3 is 0 Å². The van der Waals surface area contributed by atoms with E-state index in [0.717, 1.165) is 32.4 Å². The predicted molar refractivity (Wildman–Crippen MR) is 96.8 cm³/mol. The van der Waals surface area contributed by atoms with Gasteiger partial charge in [0.25, 0.3) is 0 Å². The van der Waals surface area contributed by atoms with Crippen molar-refractivity contribution in [2.24, 2.45) is 11.8 Å². The lowest BCUT2D eigenvalue weighted by molar-refractivity contribution is -0.134. The van der Waals surface area contributed by atoms with Crippen LogP contribution in [-0.4, -0.2) is 34.0 Å². The lowest BCUT2D eigenvalue weighted by atomic mass is 9.94. The average Bonchev–Trinajstić information content (AvgIpc) is 3.10. The summed E-state index contributed by atoms with van der Waals surface area (Å²) in [5.74, 6) is 1.38. The van der Waals surface area contributed by atoms with Crippen LogP contribution in [0.3, 0.4) is 0 Å². The van der Waals surface area contributed by atoms with E-state index in [4.69, 9.17) is 4.52 Å². The number of hydrogen-bond donors (Lipinski definition) is 0. The van der Waals surface area contributed by atoms with Crippen molar-refractivity contribution in [1.29, 1.82) is 0 Å². The number of benzene rings is 1. The monoisotopic (exact) mass is 359 g/mol. The second-order valence-corrected chi connectivity index (χ2v) is 7.26. The Morgan fingerprint density at radius 3 is 3.00 bits per heavy atom. The van der Waals surface area contributed by atoms with Crippen LogP contribution in [0.25, 0.3) is 11.4 Å². The first-order chi connectivity index (χ1) is 12.6. The quantitative estimate of drug-likeness (QED) is 0.779. The molecule has 1 aliphatic heterocycles. The second kappa shape index (κ2) is 8.43. The molecule has 0 bridgehead atoms. The third-order valence-electron chi connectivity index (χ3n) is 5.14. The molecule has 1 amide bonds. The molecule has 1 aliphatic rings. The molecule has 0 spiro atoms. The highest BCUT2D eigenvalue weighted by Crippen LogP contribution is 2.24. The number of likely N-dealkylation sites (tertiary alicyclic amines) is 1. The highest BCUT2D eigenvalue weighted by Gasteiger charge is 2.26. The number of hydrogen-bond acceptors (Lipinski definition) is 4. The molecule has 0 saturated carbocycles. The first kappa shape index (κ1) is 18.5. The fourth-order valence-corrected chi connectivity index (χ4v) is 3.37. The number of nitrogens with zero attached hydrogens (tertiary/aromatic N) is 3. The van der Waals surface area contributed by atoms with Crippen molar-refractivity contribution in [2.75, 3.05) is 13.1 Å². The van der Waals surface area contributed by atoms with Crippen molar-refractivity contribution in [2.45, 2.75) is 46.0 Å². The predicted octanol–water partition coefficient (Wildman–Crippen LogP) is 4.09.